The highest BCUT2D eigenvalue weighted by Crippen LogP contribution is 2.17. The summed E-state index contributed by atoms with van der Waals surface area (Å²) in [5.41, 5.74) is 2.16. The van der Waals surface area contributed by atoms with E-state index in [0.29, 0.717) is 5.92 Å². The van der Waals surface area contributed by atoms with Gasteiger partial charge in [0, 0.05) is 17.2 Å². The van der Waals surface area contributed by atoms with Crippen LogP contribution in [0, 0.1) is 5.92 Å². The first kappa shape index (κ1) is 9.41. The Labute approximate surface area is 88.3 Å². The second-order valence-electron chi connectivity index (χ2n) is 3.43. The Morgan fingerprint density at radius 3 is 2.64 bits per heavy atom. The highest BCUT2D eigenvalue weighted by molar-refractivity contribution is 6.30. The lowest BCUT2D eigenvalue weighted by atomic mass is 9.95. The Morgan fingerprint density at radius 1 is 1.29 bits per heavy atom. The maximum absolute atomic E-state index is 5.82. The zero-order valence-electron chi connectivity index (χ0n) is 7.94. The van der Waals surface area contributed by atoms with Gasteiger partial charge in [0.1, 0.15) is 0 Å². The average molecular weight is 207 g/mol. The number of hydrogen-bond acceptors (Lipinski definition) is 2. The largest absolute Gasteiger partial charge is 0.163 e. The molecule has 1 heterocycles. The van der Waals surface area contributed by atoms with Crippen LogP contribution in [0.2, 0.25) is 5.02 Å². The molecule has 0 spiro atoms. The van der Waals surface area contributed by atoms with Crippen LogP contribution in [0.15, 0.2) is 34.5 Å². The van der Waals surface area contributed by atoms with Gasteiger partial charge < -0.3 is 0 Å². The van der Waals surface area contributed by atoms with E-state index in [2.05, 4.69) is 17.1 Å². The second kappa shape index (κ2) is 3.93. The number of nitrogens with zero attached hydrogens (tertiary/aromatic N) is 2. The normalized spacial score (nSPS) is 20.7. The molecule has 14 heavy (non-hydrogen) atoms. The van der Waals surface area contributed by atoms with Gasteiger partial charge in [0.2, 0.25) is 0 Å². The van der Waals surface area contributed by atoms with Crippen molar-refractivity contribution in [2.24, 2.45) is 16.1 Å². The average Bonchev–Trinajstić information content (AvgIpc) is 2.20. The first-order valence-corrected chi connectivity index (χ1v) is 5.00. The molecule has 0 bridgehead atoms. The van der Waals surface area contributed by atoms with Gasteiger partial charge in [-0.05, 0) is 24.1 Å². The third-order valence-corrected chi connectivity index (χ3v) is 2.56. The van der Waals surface area contributed by atoms with Crippen LogP contribution in [0.1, 0.15) is 18.9 Å². The van der Waals surface area contributed by atoms with E-state index in [9.17, 15) is 0 Å². The monoisotopic (exact) mass is 206 g/mol. The third-order valence-electron chi connectivity index (χ3n) is 2.31. The summed E-state index contributed by atoms with van der Waals surface area (Å²) in [6, 6.07) is 7.73. The molecule has 0 aromatic heterocycles. The Kier molecular flexibility index (Phi) is 2.64. The van der Waals surface area contributed by atoms with E-state index in [0.717, 1.165) is 22.7 Å². The standard InChI is InChI=1S/C11H11ClN2/c1-8-6-7-13-14-11(8)9-2-4-10(12)5-3-9/h2-5,7-8H,6H2,1H3. The summed E-state index contributed by atoms with van der Waals surface area (Å²) in [6.45, 7) is 2.15. The van der Waals surface area contributed by atoms with Crippen molar-refractivity contribution in [2.45, 2.75) is 13.3 Å². The van der Waals surface area contributed by atoms with E-state index in [1.807, 2.05) is 30.5 Å². The highest BCUT2D eigenvalue weighted by Gasteiger charge is 2.14. The lowest BCUT2D eigenvalue weighted by Gasteiger charge is -2.14. The summed E-state index contributed by atoms with van der Waals surface area (Å²) < 4.78 is 0. The summed E-state index contributed by atoms with van der Waals surface area (Å²) in [5.74, 6) is 0.439. The molecule has 72 valence electrons. The van der Waals surface area contributed by atoms with E-state index < -0.39 is 0 Å². The summed E-state index contributed by atoms with van der Waals surface area (Å²) in [4.78, 5) is 0. The molecular formula is C11H11ClN2. The fourth-order valence-corrected chi connectivity index (χ4v) is 1.61. The van der Waals surface area contributed by atoms with Crippen molar-refractivity contribution < 1.29 is 0 Å². The maximum Gasteiger partial charge on any atom is 0.0734 e. The minimum absolute atomic E-state index is 0.439. The molecule has 0 saturated heterocycles. The fourth-order valence-electron chi connectivity index (χ4n) is 1.48. The predicted molar refractivity (Wildman–Crippen MR) is 60.3 cm³/mol. The SMILES string of the molecule is CC1CC=NN=C1c1ccc(Cl)cc1. The molecule has 1 unspecified atom stereocenters. The fraction of sp³-hybridized carbons (Fsp3) is 0.273. The highest BCUT2D eigenvalue weighted by atomic mass is 35.5. The molecule has 2 rings (SSSR count). The maximum atomic E-state index is 5.82. The van der Waals surface area contributed by atoms with E-state index in [1.54, 1.807) is 0 Å². The van der Waals surface area contributed by atoms with Gasteiger partial charge in [0.15, 0.2) is 0 Å². The lowest BCUT2D eigenvalue weighted by Crippen LogP contribution is -2.15. The molecule has 0 amide bonds. The zero-order chi connectivity index (χ0) is 9.97. The third kappa shape index (κ3) is 1.85. The summed E-state index contributed by atoms with van der Waals surface area (Å²) in [6.07, 6.45) is 2.81. The van der Waals surface area contributed by atoms with Gasteiger partial charge in [-0.25, -0.2) is 0 Å². The van der Waals surface area contributed by atoms with Gasteiger partial charge in [-0.15, -0.1) is 0 Å². The van der Waals surface area contributed by atoms with Crippen molar-refractivity contribution in [3.05, 3.63) is 34.9 Å². The predicted octanol–water partition coefficient (Wildman–Crippen LogP) is 3.15. The number of rotatable bonds is 1. The van der Waals surface area contributed by atoms with Crippen LogP contribution in [0.4, 0.5) is 0 Å². The first-order chi connectivity index (χ1) is 6.77. The second-order valence-corrected chi connectivity index (χ2v) is 3.86. The van der Waals surface area contributed by atoms with Crippen molar-refractivity contribution in [1.29, 1.82) is 0 Å². The molecule has 3 heteroatoms. The van der Waals surface area contributed by atoms with Crippen molar-refractivity contribution >= 4 is 23.5 Å². The minimum atomic E-state index is 0.439. The Hall–Kier alpha value is -1.15. The Morgan fingerprint density at radius 2 is 2.00 bits per heavy atom. The molecule has 0 fully saturated rings. The Balaban J connectivity index is 2.34. The molecule has 1 aromatic rings. The smallest absolute Gasteiger partial charge is 0.0734 e. The topological polar surface area (TPSA) is 24.7 Å². The van der Waals surface area contributed by atoms with Gasteiger partial charge in [0.25, 0.3) is 0 Å². The quantitative estimate of drug-likeness (QED) is 0.675. The number of hydrogen-bond donors (Lipinski definition) is 0. The molecule has 1 aliphatic rings. The molecule has 0 saturated carbocycles. The first-order valence-electron chi connectivity index (χ1n) is 4.62. The molecule has 1 aromatic carbocycles. The van der Waals surface area contributed by atoms with Crippen LogP contribution in [0.3, 0.4) is 0 Å². The van der Waals surface area contributed by atoms with E-state index in [1.165, 1.54) is 0 Å². The Bertz CT molecular complexity index is 379. The number of halogens is 1. The molecule has 1 atom stereocenters. The van der Waals surface area contributed by atoms with Crippen LogP contribution in [0.5, 0.6) is 0 Å². The van der Waals surface area contributed by atoms with Crippen LogP contribution in [-0.2, 0) is 0 Å². The molecule has 0 N–H and O–H groups in total. The molecule has 2 nitrogen and oxygen atoms in total. The van der Waals surface area contributed by atoms with Gasteiger partial charge in [-0.3, -0.25) is 0 Å². The van der Waals surface area contributed by atoms with Gasteiger partial charge in [-0.1, -0.05) is 30.7 Å². The van der Waals surface area contributed by atoms with Gasteiger partial charge in [0.05, 0.1) is 5.71 Å². The summed E-state index contributed by atoms with van der Waals surface area (Å²) in [7, 11) is 0. The van der Waals surface area contributed by atoms with E-state index in [4.69, 9.17) is 11.6 Å². The van der Waals surface area contributed by atoms with Gasteiger partial charge >= 0.3 is 0 Å². The van der Waals surface area contributed by atoms with Crippen LogP contribution in [0.25, 0.3) is 0 Å². The molecular weight excluding hydrogens is 196 g/mol. The van der Waals surface area contributed by atoms with Crippen LogP contribution >= 0.6 is 11.6 Å². The van der Waals surface area contributed by atoms with Crippen molar-refractivity contribution in [2.75, 3.05) is 0 Å². The lowest BCUT2D eigenvalue weighted by molar-refractivity contribution is 0.801. The molecule has 1 aliphatic heterocycles. The molecule has 0 aliphatic carbocycles. The summed E-state index contributed by atoms with van der Waals surface area (Å²) in [5, 5.41) is 8.84. The van der Waals surface area contributed by atoms with Crippen LogP contribution in [-0.4, -0.2) is 11.9 Å². The molecule has 0 radical (unpaired) electrons. The van der Waals surface area contributed by atoms with Crippen molar-refractivity contribution in [3.63, 3.8) is 0 Å². The zero-order valence-corrected chi connectivity index (χ0v) is 8.70. The van der Waals surface area contributed by atoms with Crippen molar-refractivity contribution in [1.82, 2.24) is 0 Å². The van der Waals surface area contributed by atoms with Gasteiger partial charge in [-0.2, -0.15) is 10.2 Å². The van der Waals surface area contributed by atoms with E-state index >= 15 is 0 Å². The minimum Gasteiger partial charge on any atom is -0.163 e. The van der Waals surface area contributed by atoms with E-state index in [-0.39, 0.29) is 0 Å². The number of benzene rings is 1. The summed E-state index contributed by atoms with van der Waals surface area (Å²) >= 11 is 5.82. The van der Waals surface area contributed by atoms with Crippen LogP contribution < -0.4 is 0 Å². The van der Waals surface area contributed by atoms with Crippen molar-refractivity contribution in [3.8, 4) is 0 Å².